The summed E-state index contributed by atoms with van der Waals surface area (Å²) < 4.78 is 0. The molecule has 0 aliphatic carbocycles. The van der Waals surface area contributed by atoms with Gasteiger partial charge in [-0.25, -0.2) is 0 Å². The van der Waals surface area contributed by atoms with Crippen molar-refractivity contribution < 1.29 is 14.4 Å². The molecule has 130 valence electrons. The number of benzene rings is 2. The number of carbonyl (C=O) groups is 3. The standard InChI is InChI=1S/C20H17N3O3/c21-11-14-1-3-15(4-2-14)12-22-20(26)17-7-5-16(6-8-17)13-23-18(24)9-10-19(23)25/h1-8H,9-10,12-13H2,(H,22,26). The summed E-state index contributed by atoms with van der Waals surface area (Å²) in [5.74, 6) is -0.521. The van der Waals surface area contributed by atoms with Crippen LogP contribution in [0.1, 0.15) is 39.9 Å². The van der Waals surface area contributed by atoms with Gasteiger partial charge in [0.15, 0.2) is 0 Å². The van der Waals surface area contributed by atoms with Crippen LogP contribution in [0.3, 0.4) is 0 Å². The third-order valence-electron chi connectivity index (χ3n) is 4.25. The predicted octanol–water partition coefficient (Wildman–Crippen LogP) is 2.14. The maximum atomic E-state index is 12.2. The molecule has 2 aromatic carbocycles. The van der Waals surface area contributed by atoms with Gasteiger partial charge in [0.05, 0.1) is 18.2 Å². The van der Waals surface area contributed by atoms with Crippen molar-refractivity contribution in [2.75, 3.05) is 0 Å². The molecular formula is C20H17N3O3. The Hall–Kier alpha value is -3.46. The summed E-state index contributed by atoms with van der Waals surface area (Å²) in [7, 11) is 0. The second-order valence-corrected chi connectivity index (χ2v) is 6.06. The maximum Gasteiger partial charge on any atom is 0.251 e. The third-order valence-corrected chi connectivity index (χ3v) is 4.25. The highest BCUT2D eigenvalue weighted by Gasteiger charge is 2.28. The lowest BCUT2D eigenvalue weighted by Crippen LogP contribution is -2.28. The summed E-state index contributed by atoms with van der Waals surface area (Å²) in [5.41, 5.74) is 2.78. The van der Waals surface area contributed by atoms with E-state index in [1.165, 1.54) is 4.90 Å². The van der Waals surface area contributed by atoms with Crippen LogP contribution in [0.4, 0.5) is 0 Å². The number of carbonyl (C=O) groups excluding carboxylic acids is 3. The van der Waals surface area contributed by atoms with Gasteiger partial charge in [-0.1, -0.05) is 24.3 Å². The molecule has 2 aromatic rings. The summed E-state index contributed by atoms with van der Waals surface area (Å²) in [6.45, 7) is 0.605. The van der Waals surface area contributed by atoms with Crippen LogP contribution in [0.15, 0.2) is 48.5 Å². The molecule has 0 unspecified atom stereocenters. The number of nitrogens with zero attached hydrogens (tertiary/aromatic N) is 2. The molecule has 3 amide bonds. The van der Waals surface area contributed by atoms with Crippen molar-refractivity contribution in [3.63, 3.8) is 0 Å². The second-order valence-electron chi connectivity index (χ2n) is 6.06. The third kappa shape index (κ3) is 3.95. The molecule has 0 aromatic heterocycles. The van der Waals surface area contributed by atoms with E-state index >= 15 is 0 Å². The van der Waals surface area contributed by atoms with Gasteiger partial charge in [-0.05, 0) is 35.4 Å². The zero-order chi connectivity index (χ0) is 18.5. The number of imide groups is 1. The van der Waals surface area contributed by atoms with Gasteiger partial charge in [0.2, 0.25) is 11.8 Å². The summed E-state index contributed by atoms with van der Waals surface area (Å²) in [6, 6.07) is 15.9. The van der Waals surface area contributed by atoms with Gasteiger partial charge in [-0.3, -0.25) is 19.3 Å². The Bertz CT molecular complexity index is 864. The lowest BCUT2D eigenvalue weighted by molar-refractivity contribution is -0.139. The molecule has 1 N–H and O–H groups in total. The molecule has 1 aliphatic heterocycles. The van der Waals surface area contributed by atoms with E-state index in [0.717, 1.165) is 11.1 Å². The van der Waals surface area contributed by atoms with Gasteiger partial charge in [-0.2, -0.15) is 5.26 Å². The van der Waals surface area contributed by atoms with Gasteiger partial charge >= 0.3 is 0 Å². The monoisotopic (exact) mass is 347 g/mol. The molecule has 6 heteroatoms. The summed E-state index contributed by atoms with van der Waals surface area (Å²) in [6.07, 6.45) is 0.545. The highest BCUT2D eigenvalue weighted by Crippen LogP contribution is 2.16. The molecule has 1 saturated heterocycles. The lowest BCUT2D eigenvalue weighted by Gasteiger charge is -2.14. The molecule has 6 nitrogen and oxygen atoms in total. The summed E-state index contributed by atoms with van der Waals surface area (Å²) in [5, 5.41) is 11.6. The Labute approximate surface area is 151 Å². The fourth-order valence-corrected chi connectivity index (χ4v) is 2.72. The minimum atomic E-state index is -0.214. The number of hydrogen-bond donors (Lipinski definition) is 1. The first-order valence-corrected chi connectivity index (χ1v) is 8.26. The Kier molecular flexibility index (Phi) is 5.09. The lowest BCUT2D eigenvalue weighted by atomic mass is 10.1. The van der Waals surface area contributed by atoms with Crippen molar-refractivity contribution in [1.82, 2.24) is 10.2 Å². The molecule has 1 heterocycles. The van der Waals surface area contributed by atoms with Crippen molar-refractivity contribution in [2.24, 2.45) is 0 Å². The topological polar surface area (TPSA) is 90.3 Å². The van der Waals surface area contributed by atoms with Crippen LogP contribution in [-0.4, -0.2) is 22.6 Å². The molecular weight excluding hydrogens is 330 g/mol. The van der Waals surface area contributed by atoms with Crippen molar-refractivity contribution in [3.8, 4) is 6.07 Å². The zero-order valence-electron chi connectivity index (χ0n) is 14.1. The highest BCUT2D eigenvalue weighted by atomic mass is 16.2. The van der Waals surface area contributed by atoms with Crippen LogP contribution >= 0.6 is 0 Å². The Morgan fingerprint density at radius 3 is 2.12 bits per heavy atom. The fraction of sp³-hybridized carbons (Fsp3) is 0.200. The van der Waals surface area contributed by atoms with Gasteiger partial charge in [0.25, 0.3) is 5.91 Å². The van der Waals surface area contributed by atoms with Crippen molar-refractivity contribution in [1.29, 1.82) is 5.26 Å². The molecule has 3 rings (SSSR count). The highest BCUT2D eigenvalue weighted by molar-refractivity contribution is 6.01. The van der Waals surface area contributed by atoms with Crippen LogP contribution in [0, 0.1) is 11.3 Å². The first-order chi connectivity index (χ1) is 12.6. The van der Waals surface area contributed by atoms with E-state index in [-0.39, 0.29) is 37.1 Å². The largest absolute Gasteiger partial charge is 0.348 e. The average Bonchev–Trinajstić information content (AvgIpc) is 2.99. The van der Waals surface area contributed by atoms with Gasteiger partial charge in [0.1, 0.15) is 0 Å². The number of rotatable bonds is 5. The summed E-state index contributed by atoms with van der Waals surface area (Å²) in [4.78, 5) is 36.8. The average molecular weight is 347 g/mol. The SMILES string of the molecule is N#Cc1ccc(CNC(=O)c2ccc(CN3C(=O)CCC3=O)cc2)cc1. The zero-order valence-corrected chi connectivity index (χ0v) is 14.1. The molecule has 26 heavy (non-hydrogen) atoms. The van der Waals surface area contributed by atoms with E-state index in [1.54, 1.807) is 48.5 Å². The van der Waals surface area contributed by atoms with E-state index < -0.39 is 0 Å². The van der Waals surface area contributed by atoms with E-state index in [9.17, 15) is 14.4 Å². The van der Waals surface area contributed by atoms with Crippen LogP contribution < -0.4 is 5.32 Å². The number of likely N-dealkylation sites (tertiary alicyclic amines) is 1. The molecule has 1 aliphatic rings. The van der Waals surface area contributed by atoms with Crippen LogP contribution in [-0.2, 0) is 22.7 Å². The Morgan fingerprint density at radius 2 is 1.54 bits per heavy atom. The molecule has 1 fully saturated rings. The Morgan fingerprint density at radius 1 is 0.962 bits per heavy atom. The first-order valence-electron chi connectivity index (χ1n) is 8.26. The minimum Gasteiger partial charge on any atom is -0.348 e. The molecule has 0 radical (unpaired) electrons. The van der Waals surface area contributed by atoms with Gasteiger partial charge in [0, 0.05) is 24.9 Å². The number of nitriles is 1. The molecule has 0 atom stereocenters. The predicted molar refractivity (Wildman–Crippen MR) is 93.6 cm³/mol. The van der Waals surface area contributed by atoms with Crippen molar-refractivity contribution in [2.45, 2.75) is 25.9 Å². The molecule has 0 spiro atoms. The van der Waals surface area contributed by atoms with E-state index in [4.69, 9.17) is 5.26 Å². The number of amides is 3. The second kappa shape index (κ2) is 7.62. The van der Waals surface area contributed by atoms with Gasteiger partial charge < -0.3 is 5.32 Å². The number of nitrogens with one attached hydrogen (secondary N) is 1. The van der Waals surface area contributed by atoms with Crippen LogP contribution in [0.25, 0.3) is 0 Å². The van der Waals surface area contributed by atoms with Crippen LogP contribution in [0.5, 0.6) is 0 Å². The summed E-state index contributed by atoms with van der Waals surface area (Å²) >= 11 is 0. The van der Waals surface area contributed by atoms with E-state index in [0.29, 0.717) is 17.7 Å². The van der Waals surface area contributed by atoms with Crippen LogP contribution in [0.2, 0.25) is 0 Å². The van der Waals surface area contributed by atoms with Gasteiger partial charge in [-0.15, -0.1) is 0 Å². The quantitative estimate of drug-likeness (QED) is 0.839. The Balaban J connectivity index is 1.57. The van der Waals surface area contributed by atoms with Crippen molar-refractivity contribution in [3.05, 3.63) is 70.8 Å². The maximum absolute atomic E-state index is 12.2. The number of hydrogen-bond acceptors (Lipinski definition) is 4. The van der Waals surface area contributed by atoms with E-state index in [1.807, 2.05) is 6.07 Å². The normalized spacial score (nSPS) is 13.6. The molecule has 0 bridgehead atoms. The first kappa shape index (κ1) is 17.4. The van der Waals surface area contributed by atoms with E-state index in [2.05, 4.69) is 5.32 Å². The molecule has 0 saturated carbocycles. The fourth-order valence-electron chi connectivity index (χ4n) is 2.72. The van der Waals surface area contributed by atoms with Crippen molar-refractivity contribution >= 4 is 17.7 Å². The smallest absolute Gasteiger partial charge is 0.251 e. The minimum absolute atomic E-state index is 0.153.